The Morgan fingerprint density at radius 1 is 0.962 bits per heavy atom. The third kappa shape index (κ3) is 2.24. The van der Waals surface area contributed by atoms with Crippen LogP contribution in [0.1, 0.15) is 71.6 Å². The second kappa shape index (κ2) is 5.69. The summed E-state index contributed by atoms with van der Waals surface area (Å²) in [5.74, 6) is 3.96. The van der Waals surface area contributed by atoms with E-state index in [0.717, 1.165) is 37.0 Å². The average Bonchev–Trinajstić information content (AvgIpc) is 3.18. The van der Waals surface area contributed by atoms with Gasteiger partial charge in [0, 0.05) is 18.9 Å². The molecule has 0 spiro atoms. The van der Waals surface area contributed by atoms with Crippen LogP contribution in [-0.2, 0) is 14.3 Å². The van der Waals surface area contributed by atoms with Gasteiger partial charge >= 0.3 is 5.97 Å². The molecule has 3 heteroatoms. The van der Waals surface area contributed by atoms with Crippen molar-refractivity contribution in [3.05, 3.63) is 11.6 Å². The number of Topliss-reactive ketones (excluding diaryl/α,β-unsaturated/α-hetero) is 1. The number of cyclic esters (lactones) is 1. The van der Waals surface area contributed by atoms with Gasteiger partial charge in [-0.05, 0) is 90.9 Å². The maximum absolute atomic E-state index is 12.0. The summed E-state index contributed by atoms with van der Waals surface area (Å²) in [7, 11) is 0. The van der Waals surface area contributed by atoms with Crippen molar-refractivity contribution >= 4 is 11.8 Å². The molecule has 26 heavy (non-hydrogen) atoms. The summed E-state index contributed by atoms with van der Waals surface area (Å²) in [6, 6.07) is 0. The van der Waals surface area contributed by atoms with E-state index in [4.69, 9.17) is 4.74 Å². The van der Waals surface area contributed by atoms with Crippen LogP contribution in [-0.4, -0.2) is 18.4 Å². The second-order valence-electron chi connectivity index (χ2n) is 10.4. The Hall–Kier alpha value is -1.12. The molecule has 0 bridgehead atoms. The van der Waals surface area contributed by atoms with Gasteiger partial charge in [-0.25, -0.2) is 4.79 Å². The van der Waals surface area contributed by atoms with Gasteiger partial charge in [0.2, 0.25) is 0 Å². The third-order valence-corrected chi connectivity index (χ3v) is 9.61. The molecule has 0 N–H and O–H groups in total. The lowest BCUT2D eigenvalue weighted by molar-refractivity contribution is -0.139. The fourth-order valence-corrected chi connectivity index (χ4v) is 8.24. The Labute approximate surface area is 156 Å². The molecule has 5 aliphatic rings. The molecule has 0 radical (unpaired) electrons. The Morgan fingerprint density at radius 3 is 2.54 bits per heavy atom. The van der Waals surface area contributed by atoms with Crippen LogP contribution in [0.3, 0.4) is 0 Å². The minimum Gasteiger partial charge on any atom is -0.458 e. The van der Waals surface area contributed by atoms with Crippen LogP contribution in [0, 0.1) is 40.4 Å². The molecule has 0 aromatic carbocycles. The highest BCUT2D eigenvalue weighted by Gasteiger charge is 2.60. The van der Waals surface area contributed by atoms with E-state index in [1.807, 2.05) is 0 Å². The molecule has 0 aromatic rings. The van der Waals surface area contributed by atoms with E-state index in [1.165, 1.54) is 44.1 Å². The zero-order chi connectivity index (χ0) is 18.1. The first kappa shape index (κ1) is 17.0. The predicted molar refractivity (Wildman–Crippen MR) is 99.3 cm³/mol. The molecular weight excluding hydrogens is 324 g/mol. The fourth-order valence-electron chi connectivity index (χ4n) is 8.24. The minimum absolute atomic E-state index is 0.138. The van der Waals surface area contributed by atoms with Crippen LogP contribution in [0.4, 0.5) is 0 Å². The first-order valence-corrected chi connectivity index (χ1v) is 10.8. The normalized spacial score (nSPS) is 50.5. The topological polar surface area (TPSA) is 43.4 Å². The summed E-state index contributed by atoms with van der Waals surface area (Å²) in [6.07, 6.45) is 12.3. The van der Waals surface area contributed by atoms with E-state index in [0.29, 0.717) is 35.1 Å². The maximum Gasteiger partial charge on any atom is 0.331 e. The van der Waals surface area contributed by atoms with E-state index < -0.39 is 0 Å². The van der Waals surface area contributed by atoms with E-state index in [-0.39, 0.29) is 5.97 Å². The van der Waals surface area contributed by atoms with E-state index in [1.54, 1.807) is 6.08 Å². The lowest BCUT2D eigenvalue weighted by atomic mass is 9.44. The van der Waals surface area contributed by atoms with Crippen molar-refractivity contribution < 1.29 is 14.3 Å². The smallest absolute Gasteiger partial charge is 0.331 e. The van der Waals surface area contributed by atoms with Crippen LogP contribution in [0.15, 0.2) is 11.6 Å². The number of hydrogen-bond acceptors (Lipinski definition) is 3. The van der Waals surface area contributed by atoms with Crippen LogP contribution in [0.2, 0.25) is 0 Å². The summed E-state index contributed by atoms with van der Waals surface area (Å²) in [5, 5.41) is 0. The molecule has 1 heterocycles. The van der Waals surface area contributed by atoms with E-state index in [9.17, 15) is 9.59 Å². The van der Waals surface area contributed by atoms with Crippen molar-refractivity contribution in [2.45, 2.75) is 71.6 Å². The molecule has 4 fully saturated rings. The minimum atomic E-state index is -0.138. The summed E-state index contributed by atoms with van der Waals surface area (Å²) >= 11 is 0. The molecule has 4 saturated carbocycles. The van der Waals surface area contributed by atoms with Gasteiger partial charge in [0.15, 0.2) is 0 Å². The van der Waals surface area contributed by atoms with Crippen molar-refractivity contribution in [3.8, 4) is 0 Å². The lowest BCUT2D eigenvalue weighted by Gasteiger charge is -2.60. The molecule has 0 saturated heterocycles. The van der Waals surface area contributed by atoms with Crippen LogP contribution in [0.25, 0.3) is 0 Å². The number of ether oxygens (including phenoxy) is 1. The van der Waals surface area contributed by atoms with Gasteiger partial charge in [-0.15, -0.1) is 0 Å². The molecular formula is C23H32O3. The standard InChI is InChI=1S/C23H32O3/c1-22-9-7-16(24)12-15(22)3-4-17-19-6-5-18(14-11-21(25)26-13-14)23(19,2)10-8-20(17)22/h11,15,17-20H,3-10,12-13H2,1-2H3/t15?,17-,18+,19+,20-,22-,23+/m0/s1. The lowest BCUT2D eigenvalue weighted by Crippen LogP contribution is -2.53. The third-order valence-electron chi connectivity index (χ3n) is 9.61. The Bertz CT molecular complexity index is 679. The van der Waals surface area contributed by atoms with Crippen molar-refractivity contribution in [1.82, 2.24) is 0 Å². The number of rotatable bonds is 1. The van der Waals surface area contributed by atoms with Crippen molar-refractivity contribution in [1.29, 1.82) is 0 Å². The number of ketones is 1. The van der Waals surface area contributed by atoms with Gasteiger partial charge in [-0.2, -0.15) is 0 Å². The molecule has 0 amide bonds. The summed E-state index contributed by atoms with van der Waals surface area (Å²) in [5.41, 5.74) is 2.00. The van der Waals surface area contributed by atoms with E-state index >= 15 is 0 Å². The number of hydrogen-bond donors (Lipinski definition) is 0. The maximum atomic E-state index is 12.0. The van der Waals surface area contributed by atoms with Crippen molar-refractivity contribution in [2.75, 3.05) is 6.61 Å². The second-order valence-corrected chi connectivity index (χ2v) is 10.4. The van der Waals surface area contributed by atoms with Crippen molar-refractivity contribution in [2.24, 2.45) is 40.4 Å². The fraction of sp³-hybridized carbons (Fsp3) is 0.826. The van der Waals surface area contributed by atoms with Gasteiger partial charge in [0.1, 0.15) is 12.4 Å². The largest absolute Gasteiger partial charge is 0.458 e. The average molecular weight is 357 g/mol. The van der Waals surface area contributed by atoms with E-state index in [2.05, 4.69) is 13.8 Å². The number of esters is 1. The van der Waals surface area contributed by atoms with Gasteiger partial charge in [-0.3, -0.25) is 4.79 Å². The number of fused-ring (bicyclic) bond motifs is 5. The molecule has 1 unspecified atom stereocenters. The quantitative estimate of drug-likeness (QED) is 0.640. The van der Waals surface area contributed by atoms with Crippen molar-refractivity contribution in [3.63, 3.8) is 0 Å². The zero-order valence-electron chi connectivity index (χ0n) is 16.3. The monoisotopic (exact) mass is 356 g/mol. The summed E-state index contributed by atoms with van der Waals surface area (Å²) < 4.78 is 5.24. The van der Waals surface area contributed by atoms with Gasteiger partial charge in [-0.1, -0.05) is 13.8 Å². The van der Waals surface area contributed by atoms with Gasteiger partial charge in [0.05, 0.1) is 0 Å². The zero-order valence-corrected chi connectivity index (χ0v) is 16.3. The first-order chi connectivity index (χ1) is 12.4. The van der Waals surface area contributed by atoms with Crippen LogP contribution >= 0.6 is 0 Å². The Balaban J connectivity index is 1.42. The summed E-state index contributed by atoms with van der Waals surface area (Å²) in [6.45, 7) is 5.55. The Morgan fingerprint density at radius 2 is 1.77 bits per heavy atom. The highest BCUT2D eigenvalue weighted by Crippen LogP contribution is 2.68. The molecule has 7 atom stereocenters. The molecule has 142 valence electrons. The molecule has 3 nitrogen and oxygen atoms in total. The SMILES string of the molecule is C[C@]12CC[C@H]3[C@@H](CCC4CC(=O)CC[C@@]43C)[C@H]1CC[C@@H]2C1=CC(=O)OC1. The Kier molecular flexibility index (Phi) is 3.72. The highest BCUT2D eigenvalue weighted by molar-refractivity contribution is 5.85. The molecule has 0 aromatic heterocycles. The van der Waals surface area contributed by atoms with Crippen LogP contribution < -0.4 is 0 Å². The first-order valence-electron chi connectivity index (χ1n) is 10.8. The predicted octanol–water partition coefficient (Wildman–Crippen LogP) is 4.70. The van der Waals surface area contributed by atoms with Gasteiger partial charge < -0.3 is 4.74 Å². The molecule has 5 rings (SSSR count). The number of carbonyl (C=O) groups is 2. The molecule has 1 aliphatic heterocycles. The highest BCUT2D eigenvalue weighted by atomic mass is 16.5. The van der Waals surface area contributed by atoms with Gasteiger partial charge in [0.25, 0.3) is 0 Å². The van der Waals surface area contributed by atoms with Crippen LogP contribution in [0.5, 0.6) is 0 Å². The molecule has 4 aliphatic carbocycles. The summed E-state index contributed by atoms with van der Waals surface area (Å²) in [4.78, 5) is 23.6. The number of carbonyl (C=O) groups excluding carboxylic acids is 2.